The normalized spacial score (nSPS) is 15.2. The predicted octanol–water partition coefficient (Wildman–Crippen LogP) is 4.97. The first-order chi connectivity index (χ1) is 15.9. The topological polar surface area (TPSA) is 64.3 Å². The van der Waals surface area contributed by atoms with Crippen LogP contribution in [-0.4, -0.2) is 61.4 Å². The lowest BCUT2D eigenvalue weighted by Crippen LogP contribution is -2.44. The minimum absolute atomic E-state index is 0.826. The number of H-pyrrole nitrogens is 1. The Bertz CT molecular complexity index is 1320. The number of rotatable bonds is 5. The molecule has 5 rings (SSSR count). The SMILES string of the molecule is CN1CCN(c2ccc(-c3cc4c(Nc5ccccc5P(C)(C)=O)ccnc4[nH]3)cc2)CC1. The molecule has 1 fully saturated rings. The second kappa shape index (κ2) is 8.69. The van der Waals surface area contributed by atoms with Crippen molar-refractivity contribution in [2.75, 3.05) is 56.8 Å². The molecule has 0 aliphatic carbocycles. The second-order valence-electron chi connectivity index (χ2n) is 9.13. The fourth-order valence-electron chi connectivity index (χ4n) is 4.40. The largest absolute Gasteiger partial charge is 0.369 e. The molecule has 0 saturated carbocycles. The molecule has 0 bridgehead atoms. The van der Waals surface area contributed by atoms with Crippen LogP contribution in [0.2, 0.25) is 0 Å². The number of aromatic nitrogens is 2. The highest BCUT2D eigenvalue weighted by Crippen LogP contribution is 2.39. The summed E-state index contributed by atoms with van der Waals surface area (Å²) in [5.41, 5.74) is 6.07. The Kier molecular flexibility index (Phi) is 5.73. The molecule has 1 saturated heterocycles. The lowest BCUT2D eigenvalue weighted by molar-refractivity contribution is 0.313. The van der Waals surface area contributed by atoms with Crippen molar-refractivity contribution in [3.8, 4) is 11.3 Å². The van der Waals surface area contributed by atoms with Crippen LogP contribution in [0.15, 0.2) is 66.9 Å². The smallest absolute Gasteiger partial charge is 0.139 e. The zero-order valence-corrected chi connectivity index (χ0v) is 20.3. The Balaban J connectivity index is 1.44. The van der Waals surface area contributed by atoms with Gasteiger partial charge in [-0.2, -0.15) is 0 Å². The van der Waals surface area contributed by atoms with E-state index in [9.17, 15) is 4.57 Å². The number of hydrogen-bond donors (Lipinski definition) is 2. The van der Waals surface area contributed by atoms with Gasteiger partial charge in [-0.1, -0.05) is 24.3 Å². The van der Waals surface area contributed by atoms with Gasteiger partial charge in [0.15, 0.2) is 0 Å². The van der Waals surface area contributed by atoms with E-state index in [-0.39, 0.29) is 0 Å². The molecule has 1 aliphatic heterocycles. The molecule has 0 spiro atoms. The molecule has 170 valence electrons. The zero-order chi connectivity index (χ0) is 23.0. The van der Waals surface area contributed by atoms with Crippen LogP contribution in [0.25, 0.3) is 22.3 Å². The molecule has 0 unspecified atom stereocenters. The van der Waals surface area contributed by atoms with E-state index in [1.165, 1.54) is 5.69 Å². The Morgan fingerprint density at radius 1 is 0.939 bits per heavy atom. The molecule has 0 atom stereocenters. The number of likely N-dealkylation sites (N-methyl/N-ethyl adjacent to an activating group) is 1. The Morgan fingerprint density at radius 3 is 2.39 bits per heavy atom. The quantitative estimate of drug-likeness (QED) is 0.413. The van der Waals surface area contributed by atoms with E-state index in [0.29, 0.717) is 0 Å². The lowest BCUT2D eigenvalue weighted by Gasteiger charge is -2.34. The Morgan fingerprint density at radius 2 is 1.67 bits per heavy atom. The van der Waals surface area contributed by atoms with Crippen molar-refractivity contribution in [1.29, 1.82) is 0 Å². The summed E-state index contributed by atoms with van der Waals surface area (Å²) in [4.78, 5) is 12.8. The standard InChI is InChI=1S/C26H30N5OP/c1-30-14-16-31(17-15-30)20-10-8-19(9-11-20)24-18-21-22(12-13-27-26(21)29-24)28-23-6-4-5-7-25(23)33(2,3)32/h4-13,18H,14-17H2,1-3H3,(H2,27,28,29). The molecule has 0 radical (unpaired) electrons. The van der Waals surface area contributed by atoms with Gasteiger partial charge in [-0.25, -0.2) is 4.98 Å². The van der Waals surface area contributed by atoms with E-state index in [4.69, 9.17) is 0 Å². The number of anilines is 3. The summed E-state index contributed by atoms with van der Waals surface area (Å²) < 4.78 is 12.8. The van der Waals surface area contributed by atoms with E-state index in [1.807, 2.05) is 30.3 Å². The average molecular weight is 460 g/mol. The minimum Gasteiger partial charge on any atom is -0.369 e. The summed E-state index contributed by atoms with van der Waals surface area (Å²) >= 11 is 0. The molecule has 1 aliphatic rings. The summed E-state index contributed by atoms with van der Waals surface area (Å²) in [6.07, 6.45) is 1.79. The van der Waals surface area contributed by atoms with Gasteiger partial charge in [0, 0.05) is 60.1 Å². The summed E-state index contributed by atoms with van der Waals surface area (Å²) in [5, 5.41) is 5.36. The van der Waals surface area contributed by atoms with Crippen molar-refractivity contribution in [1.82, 2.24) is 14.9 Å². The molecule has 2 aromatic heterocycles. The highest BCUT2D eigenvalue weighted by Gasteiger charge is 2.17. The van der Waals surface area contributed by atoms with E-state index >= 15 is 0 Å². The summed E-state index contributed by atoms with van der Waals surface area (Å²) in [7, 11) is -0.233. The maximum atomic E-state index is 12.8. The van der Waals surface area contributed by atoms with E-state index in [0.717, 1.165) is 65.1 Å². The number of pyridine rings is 1. The highest BCUT2D eigenvalue weighted by molar-refractivity contribution is 7.70. The molecule has 33 heavy (non-hydrogen) atoms. The Hall–Kier alpha value is -3.08. The first-order valence-corrected chi connectivity index (χ1v) is 13.9. The van der Waals surface area contributed by atoms with Gasteiger partial charge in [-0.15, -0.1) is 0 Å². The van der Waals surface area contributed by atoms with Gasteiger partial charge in [-0.05, 0) is 62.3 Å². The molecule has 2 N–H and O–H groups in total. The van der Waals surface area contributed by atoms with Crippen LogP contribution in [0.4, 0.5) is 17.1 Å². The van der Waals surface area contributed by atoms with Crippen LogP contribution in [0.5, 0.6) is 0 Å². The van der Waals surface area contributed by atoms with Gasteiger partial charge in [0.1, 0.15) is 12.8 Å². The third-order valence-electron chi connectivity index (χ3n) is 6.33. The van der Waals surface area contributed by atoms with Crippen molar-refractivity contribution in [3.05, 3.63) is 66.9 Å². The van der Waals surface area contributed by atoms with Crippen LogP contribution in [0, 0.1) is 0 Å². The average Bonchev–Trinajstić information content (AvgIpc) is 3.25. The third kappa shape index (κ3) is 4.54. The van der Waals surface area contributed by atoms with Crippen LogP contribution in [0.1, 0.15) is 0 Å². The number of benzene rings is 2. The molecular weight excluding hydrogens is 429 g/mol. The van der Waals surface area contributed by atoms with E-state index in [2.05, 4.69) is 62.5 Å². The fraction of sp³-hybridized carbons (Fsp3) is 0.269. The monoisotopic (exact) mass is 459 g/mol. The van der Waals surface area contributed by atoms with Crippen molar-refractivity contribution in [2.24, 2.45) is 0 Å². The van der Waals surface area contributed by atoms with Gasteiger partial charge < -0.3 is 24.7 Å². The third-order valence-corrected chi connectivity index (χ3v) is 7.88. The van der Waals surface area contributed by atoms with Gasteiger partial charge in [0.2, 0.25) is 0 Å². The number of para-hydroxylation sites is 1. The molecular formula is C26H30N5OP. The number of nitrogens with one attached hydrogen (secondary N) is 2. The summed E-state index contributed by atoms with van der Waals surface area (Å²) in [6.45, 7) is 7.92. The predicted molar refractivity (Wildman–Crippen MR) is 140 cm³/mol. The molecule has 6 nitrogen and oxygen atoms in total. The molecule has 7 heteroatoms. The van der Waals surface area contributed by atoms with Gasteiger partial charge in [-0.3, -0.25) is 0 Å². The van der Waals surface area contributed by atoms with Gasteiger partial charge in [0.25, 0.3) is 0 Å². The Labute approximate surface area is 195 Å². The number of hydrogen-bond acceptors (Lipinski definition) is 5. The molecule has 0 amide bonds. The first kappa shape index (κ1) is 21.7. The maximum Gasteiger partial charge on any atom is 0.139 e. The highest BCUT2D eigenvalue weighted by atomic mass is 31.2. The van der Waals surface area contributed by atoms with Gasteiger partial charge >= 0.3 is 0 Å². The van der Waals surface area contributed by atoms with Crippen LogP contribution >= 0.6 is 7.14 Å². The van der Waals surface area contributed by atoms with E-state index < -0.39 is 7.14 Å². The van der Waals surface area contributed by atoms with Gasteiger partial charge in [0.05, 0.1) is 5.69 Å². The number of fused-ring (bicyclic) bond motifs is 1. The molecule has 2 aromatic carbocycles. The van der Waals surface area contributed by atoms with Crippen molar-refractivity contribution >= 4 is 40.5 Å². The van der Waals surface area contributed by atoms with Crippen LogP contribution in [-0.2, 0) is 4.57 Å². The number of piperazine rings is 1. The fourth-order valence-corrected chi connectivity index (χ4v) is 5.56. The van der Waals surface area contributed by atoms with Crippen LogP contribution < -0.4 is 15.5 Å². The van der Waals surface area contributed by atoms with E-state index in [1.54, 1.807) is 19.5 Å². The second-order valence-corrected chi connectivity index (χ2v) is 12.3. The van der Waals surface area contributed by atoms with Crippen molar-refractivity contribution in [2.45, 2.75) is 0 Å². The molecule has 3 heterocycles. The number of aromatic amines is 1. The first-order valence-electron chi connectivity index (χ1n) is 11.3. The van der Waals surface area contributed by atoms with Crippen molar-refractivity contribution in [3.63, 3.8) is 0 Å². The summed E-state index contributed by atoms with van der Waals surface area (Å²) in [6, 6.07) is 20.7. The number of nitrogens with zero attached hydrogens (tertiary/aromatic N) is 3. The maximum absolute atomic E-state index is 12.8. The summed E-state index contributed by atoms with van der Waals surface area (Å²) in [5.74, 6) is 0. The van der Waals surface area contributed by atoms with Crippen LogP contribution in [0.3, 0.4) is 0 Å². The molecule has 4 aromatic rings. The zero-order valence-electron chi connectivity index (χ0n) is 19.4. The minimum atomic E-state index is -2.41. The van der Waals surface area contributed by atoms with Crippen molar-refractivity contribution < 1.29 is 4.57 Å². The lowest BCUT2D eigenvalue weighted by atomic mass is 10.1.